The quantitative estimate of drug-likeness (QED) is 0.726. The summed E-state index contributed by atoms with van der Waals surface area (Å²) in [5.41, 5.74) is 3.33. The minimum atomic E-state index is 0.147. The number of hydrogen-bond donors (Lipinski definition) is 0. The molecule has 0 aromatic carbocycles. The Morgan fingerprint density at radius 3 is 2.56 bits per heavy atom. The molecule has 1 aromatic rings. The highest BCUT2D eigenvalue weighted by molar-refractivity contribution is 9.11. The van der Waals surface area contributed by atoms with Crippen molar-refractivity contribution in [3.05, 3.63) is 45.7 Å². The van der Waals surface area contributed by atoms with Gasteiger partial charge in [0.15, 0.2) is 0 Å². The van der Waals surface area contributed by atoms with E-state index < -0.39 is 0 Å². The lowest BCUT2D eigenvalue weighted by Crippen LogP contribution is -2.50. The normalized spacial score (nSPS) is 18.2. The van der Waals surface area contributed by atoms with Crippen LogP contribution in [0.2, 0.25) is 0 Å². The fourth-order valence-electron chi connectivity index (χ4n) is 3.29. The molecule has 1 aromatic heterocycles. The monoisotopic (exact) mass is 404 g/mol. The van der Waals surface area contributed by atoms with Crippen molar-refractivity contribution >= 4 is 27.7 Å². The number of halogens is 1. The highest BCUT2D eigenvalue weighted by atomic mass is 79.9. The van der Waals surface area contributed by atoms with Crippen molar-refractivity contribution in [2.75, 3.05) is 44.7 Å². The lowest BCUT2D eigenvalue weighted by molar-refractivity contribution is -0.127. The molecule has 134 valence electrons. The molecular formula is C19H25BrN4O. The zero-order chi connectivity index (χ0) is 18.0. The maximum absolute atomic E-state index is 12.8. The minimum absolute atomic E-state index is 0.147. The fraction of sp³-hybridized carbons (Fsp3) is 0.474. The molecule has 2 aliphatic heterocycles. The Kier molecular flexibility index (Phi) is 5.47. The molecule has 6 heteroatoms. The van der Waals surface area contributed by atoms with E-state index in [1.807, 2.05) is 35.2 Å². The predicted molar refractivity (Wildman–Crippen MR) is 105 cm³/mol. The van der Waals surface area contributed by atoms with E-state index in [1.54, 1.807) is 0 Å². The molecule has 0 spiro atoms. The van der Waals surface area contributed by atoms with Crippen molar-refractivity contribution in [1.29, 1.82) is 0 Å². The van der Waals surface area contributed by atoms with Crippen LogP contribution in [0.1, 0.15) is 18.1 Å². The van der Waals surface area contributed by atoms with Crippen molar-refractivity contribution in [1.82, 2.24) is 14.8 Å². The number of pyridine rings is 1. The van der Waals surface area contributed by atoms with Gasteiger partial charge in [-0.3, -0.25) is 4.79 Å². The molecule has 0 saturated carbocycles. The summed E-state index contributed by atoms with van der Waals surface area (Å²) < 4.78 is 1.01. The Bertz CT molecular complexity index is 720. The summed E-state index contributed by atoms with van der Waals surface area (Å²) in [6.45, 7) is 8.04. The second-order valence-electron chi connectivity index (χ2n) is 6.65. The number of piperazine rings is 1. The minimum Gasteiger partial charge on any atom is -0.364 e. The number of amides is 1. The molecule has 0 atom stereocenters. The van der Waals surface area contributed by atoms with Gasteiger partial charge in [0.2, 0.25) is 0 Å². The highest BCUT2D eigenvalue weighted by Crippen LogP contribution is 2.22. The summed E-state index contributed by atoms with van der Waals surface area (Å²) in [4.78, 5) is 23.7. The van der Waals surface area contributed by atoms with Gasteiger partial charge in [-0.1, -0.05) is 13.0 Å². The SMILES string of the molecule is CCc1cnc(N2CCN(C(=O)C3=CC=C(Br)N(C)C3)CC2)c(C)c1. The van der Waals surface area contributed by atoms with E-state index in [2.05, 4.69) is 45.7 Å². The molecule has 0 bridgehead atoms. The van der Waals surface area contributed by atoms with Crippen LogP contribution in [-0.4, -0.2) is 60.5 Å². The predicted octanol–water partition coefficient (Wildman–Crippen LogP) is 2.71. The first kappa shape index (κ1) is 18.0. The number of rotatable bonds is 3. The number of carbonyl (C=O) groups excluding carboxylic acids is 1. The standard InChI is InChI=1S/C19H25BrN4O/c1-4-15-11-14(2)18(21-12-15)23-7-9-24(10-8-23)19(25)16-5-6-17(20)22(3)13-16/h5-6,11-12H,4,7-10,13H2,1-3H3. The molecule has 1 saturated heterocycles. The van der Waals surface area contributed by atoms with Crippen molar-refractivity contribution in [2.24, 2.45) is 0 Å². The Morgan fingerprint density at radius 2 is 1.96 bits per heavy atom. The third kappa shape index (κ3) is 3.89. The molecule has 0 aliphatic carbocycles. The maximum atomic E-state index is 12.8. The van der Waals surface area contributed by atoms with E-state index in [4.69, 9.17) is 0 Å². The number of aryl methyl sites for hydroxylation is 2. The van der Waals surface area contributed by atoms with Crippen molar-refractivity contribution < 1.29 is 4.79 Å². The van der Waals surface area contributed by atoms with Crippen LogP contribution in [0.3, 0.4) is 0 Å². The first-order chi connectivity index (χ1) is 12.0. The average Bonchev–Trinajstić information content (AvgIpc) is 2.63. The number of carbonyl (C=O) groups is 1. The van der Waals surface area contributed by atoms with Crippen LogP contribution in [-0.2, 0) is 11.2 Å². The molecule has 5 nitrogen and oxygen atoms in total. The van der Waals surface area contributed by atoms with Gasteiger partial charge >= 0.3 is 0 Å². The van der Waals surface area contributed by atoms with Gasteiger partial charge in [-0.15, -0.1) is 0 Å². The zero-order valence-corrected chi connectivity index (χ0v) is 16.7. The number of aromatic nitrogens is 1. The van der Waals surface area contributed by atoms with Gasteiger partial charge in [0.25, 0.3) is 5.91 Å². The second kappa shape index (κ2) is 7.60. The van der Waals surface area contributed by atoms with Crippen LogP contribution >= 0.6 is 15.9 Å². The number of allylic oxidation sites excluding steroid dienone is 2. The largest absolute Gasteiger partial charge is 0.364 e. The second-order valence-corrected chi connectivity index (χ2v) is 7.47. The fourth-order valence-corrected chi connectivity index (χ4v) is 3.55. The number of anilines is 1. The third-order valence-corrected chi connectivity index (χ3v) is 5.72. The van der Waals surface area contributed by atoms with Gasteiger partial charge in [-0.25, -0.2) is 4.98 Å². The summed E-state index contributed by atoms with van der Waals surface area (Å²) in [5, 5.41) is 0. The molecule has 3 heterocycles. The van der Waals surface area contributed by atoms with Gasteiger partial charge in [0.05, 0.1) is 4.61 Å². The molecule has 25 heavy (non-hydrogen) atoms. The van der Waals surface area contributed by atoms with Gasteiger partial charge in [0, 0.05) is 51.5 Å². The lowest BCUT2D eigenvalue weighted by Gasteiger charge is -2.37. The van der Waals surface area contributed by atoms with Gasteiger partial charge < -0.3 is 14.7 Å². The Hall–Kier alpha value is -1.82. The third-order valence-electron chi connectivity index (χ3n) is 4.85. The first-order valence-corrected chi connectivity index (χ1v) is 9.56. The number of nitrogens with zero attached hydrogens (tertiary/aromatic N) is 4. The van der Waals surface area contributed by atoms with Crippen LogP contribution in [0.5, 0.6) is 0 Å². The van der Waals surface area contributed by atoms with Gasteiger partial charge in [0.1, 0.15) is 5.82 Å². The topological polar surface area (TPSA) is 39.7 Å². The molecule has 1 amide bonds. The Balaban J connectivity index is 1.63. The molecule has 3 rings (SSSR count). The van der Waals surface area contributed by atoms with E-state index in [0.717, 1.165) is 48.6 Å². The van der Waals surface area contributed by atoms with E-state index >= 15 is 0 Å². The number of hydrogen-bond acceptors (Lipinski definition) is 4. The summed E-state index contributed by atoms with van der Waals surface area (Å²) in [7, 11) is 1.98. The Morgan fingerprint density at radius 1 is 1.24 bits per heavy atom. The summed E-state index contributed by atoms with van der Waals surface area (Å²) in [6.07, 6.45) is 6.83. The van der Waals surface area contributed by atoms with Crippen molar-refractivity contribution in [3.63, 3.8) is 0 Å². The lowest BCUT2D eigenvalue weighted by atomic mass is 10.1. The summed E-state index contributed by atoms with van der Waals surface area (Å²) >= 11 is 3.48. The molecule has 2 aliphatic rings. The van der Waals surface area contributed by atoms with Crippen LogP contribution in [0, 0.1) is 6.92 Å². The zero-order valence-electron chi connectivity index (χ0n) is 15.1. The van der Waals surface area contributed by atoms with Crippen LogP contribution < -0.4 is 4.90 Å². The smallest absolute Gasteiger partial charge is 0.251 e. The van der Waals surface area contributed by atoms with E-state index in [-0.39, 0.29) is 5.91 Å². The number of likely N-dealkylation sites (N-methyl/N-ethyl adjacent to an activating group) is 1. The molecular weight excluding hydrogens is 380 g/mol. The highest BCUT2D eigenvalue weighted by Gasteiger charge is 2.26. The Labute approximate surface area is 158 Å². The van der Waals surface area contributed by atoms with Crippen LogP contribution in [0.15, 0.2) is 34.6 Å². The van der Waals surface area contributed by atoms with Crippen LogP contribution in [0.4, 0.5) is 5.82 Å². The van der Waals surface area contributed by atoms with Gasteiger partial charge in [-0.2, -0.15) is 0 Å². The average molecular weight is 405 g/mol. The van der Waals surface area contributed by atoms with Crippen molar-refractivity contribution in [3.8, 4) is 0 Å². The van der Waals surface area contributed by atoms with Crippen LogP contribution in [0.25, 0.3) is 0 Å². The summed E-state index contributed by atoms with van der Waals surface area (Å²) in [5.74, 6) is 1.20. The van der Waals surface area contributed by atoms with E-state index in [1.165, 1.54) is 11.1 Å². The van der Waals surface area contributed by atoms with E-state index in [9.17, 15) is 4.79 Å². The summed E-state index contributed by atoms with van der Waals surface area (Å²) in [6, 6.07) is 2.22. The molecule has 0 radical (unpaired) electrons. The molecule has 1 fully saturated rings. The molecule has 0 unspecified atom stereocenters. The molecule has 0 N–H and O–H groups in total. The van der Waals surface area contributed by atoms with Crippen molar-refractivity contribution in [2.45, 2.75) is 20.3 Å². The van der Waals surface area contributed by atoms with Gasteiger partial charge in [-0.05, 0) is 52.6 Å². The maximum Gasteiger partial charge on any atom is 0.251 e. The first-order valence-electron chi connectivity index (χ1n) is 8.77. The van der Waals surface area contributed by atoms with E-state index in [0.29, 0.717) is 6.54 Å².